The van der Waals surface area contributed by atoms with Gasteiger partial charge in [-0.15, -0.1) is 11.8 Å². The summed E-state index contributed by atoms with van der Waals surface area (Å²) in [5, 5.41) is 6.14. The van der Waals surface area contributed by atoms with Gasteiger partial charge < -0.3 is 10.6 Å². The monoisotopic (exact) mass is 390 g/mol. The number of amides is 2. The summed E-state index contributed by atoms with van der Waals surface area (Å²) >= 11 is 7.17. The lowest BCUT2D eigenvalue weighted by molar-refractivity contribution is -0.120. The molecule has 0 saturated heterocycles. The van der Waals surface area contributed by atoms with Crippen molar-refractivity contribution in [1.29, 1.82) is 0 Å². The molecular formula is C20H23ClN2O2S. The highest BCUT2D eigenvalue weighted by Gasteiger charge is 2.14. The standard InChI is InChI=1S/C20H23ClN2O2S/c1-14-3-9-18(10-4-14)23-19(24)13-26-15(2)20(25)22-12-11-16-5-7-17(21)8-6-16/h3-10,15H,11-13H2,1-2H3,(H,22,25)(H,23,24)/t15-/m1/s1. The molecule has 0 spiro atoms. The molecule has 0 radical (unpaired) electrons. The molecule has 2 aromatic rings. The first-order valence-electron chi connectivity index (χ1n) is 8.44. The van der Waals surface area contributed by atoms with E-state index in [1.165, 1.54) is 11.8 Å². The molecule has 0 unspecified atom stereocenters. The Morgan fingerprint density at radius 1 is 1.08 bits per heavy atom. The molecule has 6 heteroatoms. The third kappa shape index (κ3) is 7.10. The van der Waals surface area contributed by atoms with E-state index in [-0.39, 0.29) is 22.8 Å². The fraction of sp³-hybridized carbons (Fsp3) is 0.300. The average molecular weight is 391 g/mol. The number of thioether (sulfide) groups is 1. The predicted molar refractivity (Wildman–Crippen MR) is 110 cm³/mol. The summed E-state index contributed by atoms with van der Waals surface area (Å²) < 4.78 is 0. The summed E-state index contributed by atoms with van der Waals surface area (Å²) in [5.41, 5.74) is 3.02. The molecule has 4 nitrogen and oxygen atoms in total. The predicted octanol–water partition coefficient (Wildman–Crippen LogP) is 4.07. The van der Waals surface area contributed by atoms with Crippen LogP contribution in [-0.4, -0.2) is 29.4 Å². The van der Waals surface area contributed by atoms with Gasteiger partial charge in [-0.1, -0.05) is 41.4 Å². The Kier molecular flexibility index (Phi) is 8.01. The van der Waals surface area contributed by atoms with Gasteiger partial charge >= 0.3 is 0 Å². The van der Waals surface area contributed by atoms with Crippen molar-refractivity contribution in [3.8, 4) is 0 Å². The summed E-state index contributed by atoms with van der Waals surface area (Å²) in [5.74, 6) is 0.0615. The number of carbonyl (C=O) groups excluding carboxylic acids is 2. The number of halogens is 1. The SMILES string of the molecule is Cc1ccc(NC(=O)CS[C@H](C)C(=O)NCCc2ccc(Cl)cc2)cc1. The van der Waals surface area contributed by atoms with E-state index >= 15 is 0 Å². The van der Waals surface area contributed by atoms with Crippen molar-refractivity contribution in [3.05, 3.63) is 64.7 Å². The van der Waals surface area contributed by atoms with E-state index in [1.807, 2.05) is 55.5 Å². The molecule has 0 aromatic heterocycles. The number of carbonyl (C=O) groups is 2. The van der Waals surface area contributed by atoms with Crippen LogP contribution in [-0.2, 0) is 16.0 Å². The zero-order chi connectivity index (χ0) is 18.9. The Bertz CT molecular complexity index is 732. The van der Waals surface area contributed by atoms with Gasteiger partial charge in [0.25, 0.3) is 0 Å². The van der Waals surface area contributed by atoms with Crippen LogP contribution in [0.4, 0.5) is 5.69 Å². The maximum atomic E-state index is 12.1. The van der Waals surface area contributed by atoms with Crippen molar-refractivity contribution in [2.45, 2.75) is 25.5 Å². The topological polar surface area (TPSA) is 58.2 Å². The lowest BCUT2D eigenvalue weighted by atomic mass is 10.1. The van der Waals surface area contributed by atoms with Gasteiger partial charge in [0.1, 0.15) is 0 Å². The number of hydrogen-bond donors (Lipinski definition) is 2. The van der Waals surface area contributed by atoms with E-state index in [4.69, 9.17) is 11.6 Å². The third-order valence-electron chi connectivity index (χ3n) is 3.80. The molecule has 0 aliphatic rings. The quantitative estimate of drug-likeness (QED) is 0.714. The molecule has 0 heterocycles. The maximum absolute atomic E-state index is 12.1. The number of rotatable bonds is 8. The van der Waals surface area contributed by atoms with E-state index in [2.05, 4.69) is 10.6 Å². The third-order valence-corrected chi connectivity index (χ3v) is 5.19. The van der Waals surface area contributed by atoms with Crippen LogP contribution in [0.25, 0.3) is 0 Å². The van der Waals surface area contributed by atoms with Crippen LogP contribution in [0.2, 0.25) is 5.02 Å². The molecule has 0 aliphatic carbocycles. The molecule has 0 saturated carbocycles. The molecule has 0 bridgehead atoms. The normalized spacial score (nSPS) is 11.7. The molecule has 1 atom stereocenters. The Hall–Kier alpha value is -1.98. The minimum Gasteiger partial charge on any atom is -0.355 e. The number of aryl methyl sites for hydroxylation is 1. The Balaban J connectivity index is 1.66. The first-order valence-corrected chi connectivity index (χ1v) is 9.87. The highest BCUT2D eigenvalue weighted by Crippen LogP contribution is 2.13. The zero-order valence-corrected chi connectivity index (χ0v) is 16.5. The van der Waals surface area contributed by atoms with Crippen molar-refractivity contribution in [2.24, 2.45) is 0 Å². The van der Waals surface area contributed by atoms with Crippen molar-refractivity contribution < 1.29 is 9.59 Å². The fourth-order valence-corrected chi connectivity index (χ4v) is 3.07. The van der Waals surface area contributed by atoms with Crippen LogP contribution in [0.3, 0.4) is 0 Å². The van der Waals surface area contributed by atoms with Gasteiger partial charge in [0.05, 0.1) is 11.0 Å². The van der Waals surface area contributed by atoms with Crippen molar-refractivity contribution in [1.82, 2.24) is 5.32 Å². The van der Waals surface area contributed by atoms with E-state index < -0.39 is 0 Å². The van der Waals surface area contributed by atoms with Gasteiger partial charge in [0.15, 0.2) is 0 Å². The summed E-state index contributed by atoms with van der Waals surface area (Å²) in [7, 11) is 0. The van der Waals surface area contributed by atoms with Crippen LogP contribution in [0, 0.1) is 6.92 Å². The second-order valence-corrected chi connectivity index (χ2v) is 7.80. The molecule has 138 valence electrons. The number of hydrogen-bond acceptors (Lipinski definition) is 3. The van der Waals surface area contributed by atoms with Gasteiger partial charge in [-0.3, -0.25) is 9.59 Å². The van der Waals surface area contributed by atoms with E-state index in [0.717, 1.165) is 23.2 Å². The summed E-state index contributed by atoms with van der Waals surface area (Å²) in [4.78, 5) is 24.1. The van der Waals surface area contributed by atoms with Gasteiger partial charge in [-0.25, -0.2) is 0 Å². The fourth-order valence-electron chi connectivity index (χ4n) is 2.24. The lowest BCUT2D eigenvalue weighted by Crippen LogP contribution is -2.33. The molecule has 0 fully saturated rings. The minimum atomic E-state index is -0.288. The second kappa shape index (κ2) is 10.2. The molecule has 0 aliphatic heterocycles. The van der Waals surface area contributed by atoms with Gasteiger partial charge in [0.2, 0.25) is 11.8 Å². The van der Waals surface area contributed by atoms with Crippen LogP contribution in [0.5, 0.6) is 0 Å². The minimum absolute atomic E-state index is 0.0629. The summed E-state index contributed by atoms with van der Waals surface area (Å²) in [6.07, 6.45) is 0.744. The van der Waals surface area contributed by atoms with E-state index in [1.54, 1.807) is 6.92 Å². The molecule has 26 heavy (non-hydrogen) atoms. The van der Waals surface area contributed by atoms with Crippen molar-refractivity contribution in [3.63, 3.8) is 0 Å². The Labute approximate surface area is 163 Å². The number of anilines is 1. The van der Waals surface area contributed by atoms with Crippen LogP contribution in [0.15, 0.2) is 48.5 Å². The van der Waals surface area contributed by atoms with Gasteiger partial charge in [0, 0.05) is 17.3 Å². The Morgan fingerprint density at radius 3 is 2.38 bits per heavy atom. The van der Waals surface area contributed by atoms with E-state index in [9.17, 15) is 9.59 Å². The first kappa shape index (κ1) is 20.3. The smallest absolute Gasteiger partial charge is 0.234 e. The largest absolute Gasteiger partial charge is 0.355 e. The molecule has 2 aromatic carbocycles. The van der Waals surface area contributed by atoms with Gasteiger partial charge in [-0.2, -0.15) is 0 Å². The average Bonchev–Trinajstić information content (AvgIpc) is 2.63. The van der Waals surface area contributed by atoms with Gasteiger partial charge in [-0.05, 0) is 50.1 Å². The number of nitrogens with one attached hydrogen (secondary N) is 2. The maximum Gasteiger partial charge on any atom is 0.234 e. The van der Waals surface area contributed by atoms with Crippen molar-refractivity contribution >= 4 is 40.9 Å². The van der Waals surface area contributed by atoms with Crippen LogP contribution >= 0.6 is 23.4 Å². The summed E-state index contributed by atoms with van der Waals surface area (Å²) in [6, 6.07) is 15.2. The second-order valence-electron chi connectivity index (χ2n) is 6.03. The highest BCUT2D eigenvalue weighted by molar-refractivity contribution is 8.01. The zero-order valence-electron chi connectivity index (χ0n) is 14.9. The Morgan fingerprint density at radius 2 is 1.73 bits per heavy atom. The molecule has 2 N–H and O–H groups in total. The highest BCUT2D eigenvalue weighted by atomic mass is 35.5. The number of benzene rings is 2. The molecule has 2 rings (SSSR count). The van der Waals surface area contributed by atoms with Crippen LogP contribution < -0.4 is 10.6 Å². The van der Waals surface area contributed by atoms with E-state index in [0.29, 0.717) is 11.6 Å². The summed E-state index contributed by atoms with van der Waals surface area (Å²) in [6.45, 7) is 4.36. The molecular weight excluding hydrogens is 368 g/mol. The van der Waals surface area contributed by atoms with Crippen LogP contribution in [0.1, 0.15) is 18.1 Å². The molecule has 2 amide bonds. The first-order chi connectivity index (χ1) is 12.4. The lowest BCUT2D eigenvalue weighted by Gasteiger charge is -2.12. The van der Waals surface area contributed by atoms with Crippen molar-refractivity contribution in [2.75, 3.05) is 17.6 Å².